The van der Waals surface area contributed by atoms with Crippen molar-refractivity contribution in [1.82, 2.24) is 9.88 Å². The third-order valence-corrected chi connectivity index (χ3v) is 3.10. The number of rotatable bonds is 6. The molecule has 1 atom stereocenters. The number of ether oxygens (including phenoxy) is 1. The van der Waals surface area contributed by atoms with Gasteiger partial charge in [0.1, 0.15) is 0 Å². The Morgan fingerprint density at radius 3 is 2.53 bits per heavy atom. The van der Waals surface area contributed by atoms with Crippen LogP contribution in [-0.2, 0) is 9.53 Å². The van der Waals surface area contributed by atoms with Gasteiger partial charge in [-0.05, 0) is 25.5 Å². The van der Waals surface area contributed by atoms with Crippen LogP contribution in [0.3, 0.4) is 0 Å². The first kappa shape index (κ1) is 15.1. The van der Waals surface area contributed by atoms with E-state index in [1.54, 1.807) is 29.4 Å². The molecular formula is C14H20N2O3. The fraction of sp³-hybridized carbons (Fsp3) is 0.500. The number of amides is 1. The van der Waals surface area contributed by atoms with Crippen LogP contribution in [0.4, 0.5) is 0 Å². The molecular weight excluding hydrogens is 244 g/mol. The molecule has 1 aromatic heterocycles. The van der Waals surface area contributed by atoms with Crippen molar-refractivity contribution in [3.05, 3.63) is 30.1 Å². The van der Waals surface area contributed by atoms with Gasteiger partial charge in [-0.25, -0.2) is 0 Å². The van der Waals surface area contributed by atoms with E-state index >= 15 is 0 Å². The van der Waals surface area contributed by atoms with Crippen LogP contribution in [0.15, 0.2) is 24.5 Å². The van der Waals surface area contributed by atoms with Crippen LogP contribution in [0, 0.1) is 0 Å². The first-order valence-corrected chi connectivity index (χ1v) is 6.38. The fourth-order valence-electron chi connectivity index (χ4n) is 1.72. The summed E-state index contributed by atoms with van der Waals surface area (Å²) in [5.41, 5.74) is 0.583. The van der Waals surface area contributed by atoms with Crippen LogP contribution in [0.25, 0.3) is 0 Å². The molecule has 0 radical (unpaired) electrons. The maximum Gasteiger partial charge on any atom is 0.307 e. The minimum atomic E-state index is -0.309. The monoisotopic (exact) mass is 264 g/mol. The van der Waals surface area contributed by atoms with Crippen LogP contribution in [0.5, 0.6) is 0 Å². The lowest BCUT2D eigenvalue weighted by Crippen LogP contribution is -2.39. The molecule has 1 amide bonds. The molecule has 0 aliphatic carbocycles. The van der Waals surface area contributed by atoms with E-state index in [0.717, 1.165) is 6.42 Å². The summed E-state index contributed by atoms with van der Waals surface area (Å²) < 4.78 is 4.61. The number of pyridine rings is 1. The lowest BCUT2D eigenvalue weighted by molar-refractivity contribution is -0.140. The molecule has 0 aromatic carbocycles. The SMILES string of the molecule is CCC(C)N(CCC(=O)OC)C(=O)c1ccncc1. The summed E-state index contributed by atoms with van der Waals surface area (Å²) in [4.78, 5) is 29.2. The summed E-state index contributed by atoms with van der Waals surface area (Å²) in [6.45, 7) is 4.34. The van der Waals surface area contributed by atoms with E-state index in [1.165, 1.54) is 7.11 Å². The molecule has 1 rings (SSSR count). The van der Waals surface area contributed by atoms with Gasteiger partial charge >= 0.3 is 5.97 Å². The fourth-order valence-corrected chi connectivity index (χ4v) is 1.72. The summed E-state index contributed by atoms with van der Waals surface area (Å²) in [6.07, 6.45) is 4.21. The quantitative estimate of drug-likeness (QED) is 0.736. The minimum Gasteiger partial charge on any atom is -0.469 e. The summed E-state index contributed by atoms with van der Waals surface area (Å²) >= 11 is 0. The van der Waals surface area contributed by atoms with Crippen LogP contribution in [0.1, 0.15) is 37.0 Å². The molecule has 0 saturated carbocycles. The van der Waals surface area contributed by atoms with Crippen LogP contribution < -0.4 is 0 Å². The number of carbonyl (C=O) groups is 2. The van der Waals surface area contributed by atoms with Gasteiger partial charge in [0, 0.05) is 30.5 Å². The number of methoxy groups -OCH3 is 1. The second-order valence-electron chi connectivity index (χ2n) is 4.32. The molecule has 1 unspecified atom stereocenters. The zero-order chi connectivity index (χ0) is 14.3. The Bertz CT molecular complexity index is 420. The molecule has 0 saturated heterocycles. The standard InChI is InChI=1S/C14H20N2O3/c1-4-11(2)16(10-7-13(17)19-3)14(18)12-5-8-15-9-6-12/h5-6,8-9,11H,4,7,10H2,1-3H3. The highest BCUT2D eigenvalue weighted by atomic mass is 16.5. The third-order valence-electron chi connectivity index (χ3n) is 3.10. The van der Waals surface area contributed by atoms with Crippen molar-refractivity contribution in [3.8, 4) is 0 Å². The van der Waals surface area contributed by atoms with Crippen molar-refractivity contribution in [2.24, 2.45) is 0 Å². The number of esters is 1. The van der Waals surface area contributed by atoms with Gasteiger partial charge in [-0.1, -0.05) is 6.92 Å². The summed E-state index contributed by atoms with van der Waals surface area (Å²) in [6, 6.07) is 3.43. The van der Waals surface area contributed by atoms with Crippen molar-refractivity contribution in [1.29, 1.82) is 0 Å². The predicted octanol–water partition coefficient (Wildman–Crippen LogP) is 1.89. The summed E-state index contributed by atoms with van der Waals surface area (Å²) in [5.74, 6) is -0.392. The highest BCUT2D eigenvalue weighted by molar-refractivity contribution is 5.94. The third kappa shape index (κ3) is 4.35. The first-order valence-electron chi connectivity index (χ1n) is 6.38. The average molecular weight is 264 g/mol. The molecule has 5 nitrogen and oxygen atoms in total. The molecule has 19 heavy (non-hydrogen) atoms. The van der Waals surface area contributed by atoms with Gasteiger partial charge in [0.05, 0.1) is 13.5 Å². The van der Waals surface area contributed by atoms with Crippen molar-refractivity contribution in [2.45, 2.75) is 32.7 Å². The molecule has 0 N–H and O–H groups in total. The Morgan fingerprint density at radius 1 is 1.37 bits per heavy atom. The topological polar surface area (TPSA) is 59.5 Å². The smallest absolute Gasteiger partial charge is 0.307 e. The van der Waals surface area contributed by atoms with E-state index < -0.39 is 0 Å². The van der Waals surface area contributed by atoms with Crippen molar-refractivity contribution in [3.63, 3.8) is 0 Å². The van der Waals surface area contributed by atoms with E-state index in [0.29, 0.717) is 12.1 Å². The maximum absolute atomic E-state index is 12.4. The maximum atomic E-state index is 12.4. The van der Waals surface area contributed by atoms with E-state index in [4.69, 9.17) is 0 Å². The number of nitrogens with zero attached hydrogens (tertiary/aromatic N) is 2. The van der Waals surface area contributed by atoms with E-state index in [2.05, 4.69) is 9.72 Å². The Hall–Kier alpha value is -1.91. The highest BCUT2D eigenvalue weighted by Crippen LogP contribution is 2.11. The Morgan fingerprint density at radius 2 is 2.00 bits per heavy atom. The summed E-state index contributed by atoms with van der Waals surface area (Å²) in [5, 5.41) is 0. The minimum absolute atomic E-state index is 0.0744. The zero-order valence-corrected chi connectivity index (χ0v) is 11.6. The molecule has 0 spiro atoms. The molecule has 1 aromatic rings. The van der Waals surface area contributed by atoms with Gasteiger partial charge in [0.2, 0.25) is 0 Å². The van der Waals surface area contributed by atoms with Crippen LogP contribution >= 0.6 is 0 Å². The molecule has 5 heteroatoms. The van der Waals surface area contributed by atoms with Gasteiger partial charge in [0.15, 0.2) is 0 Å². The largest absolute Gasteiger partial charge is 0.469 e. The lowest BCUT2D eigenvalue weighted by atomic mass is 10.1. The van der Waals surface area contributed by atoms with Crippen molar-refractivity contribution in [2.75, 3.05) is 13.7 Å². The normalized spacial score (nSPS) is 11.7. The zero-order valence-electron chi connectivity index (χ0n) is 11.6. The van der Waals surface area contributed by atoms with Gasteiger partial charge in [-0.3, -0.25) is 14.6 Å². The van der Waals surface area contributed by atoms with Crippen molar-refractivity contribution >= 4 is 11.9 Å². The second kappa shape index (κ2) is 7.51. The Balaban J connectivity index is 2.79. The second-order valence-corrected chi connectivity index (χ2v) is 4.32. The first-order chi connectivity index (χ1) is 9.10. The van der Waals surface area contributed by atoms with E-state index in [9.17, 15) is 9.59 Å². The molecule has 104 valence electrons. The van der Waals surface area contributed by atoms with Crippen LogP contribution in [0.2, 0.25) is 0 Å². The number of hydrogen-bond acceptors (Lipinski definition) is 4. The number of carbonyl (C=O) groups excluding carboxylic acids is 2. The average Bonchev–Trinajstić information content (AvgIpc) is 2.47. The molecule has 0 aliphatic rings. The van der Waals surface area contributed by atoms with Gasteiger partial charge < -0.3 is 9.64 Å². The van der Waals surface area contributed by atoms with Gasteiger partial charge in [0.25, 0.3) is 5.91 Å². The van der Waals surface area contributed by atoms with Crippen LogP contribution in [-0.4, -0.2) is 41.5 Å². The molecule has 0 aliphatic heterocycles. The molecule has 0 fully saturated rings. The summed E-state index contributed by atoms with van der Waals surface area (Å²) in [7, 11) is 1.35. The molecule has 0 bridgehead atoms. The molecule has 1 heterocycles. The lowest BCUT2D eigenvalue weighted by Gasteiger charge is -2.28. The number of aromatic nitrogens is 1. The number of hydrogen-bond donors (Lipinski definition) is 0. The van der Waals surface area contributed by atoms with Gasteiger partial charge in [-0.15, -0.1) is 0 Å². The Labute approximate surface area is 113 Å². The highest BCUT2D eigenvalue weighted by Gasteiger charge is 2.21. The van der Waals surface area contributed by atoms with Crippen molar-refractivity contribution < 1.29 is 14.3 Å². The predicted molar refractivity (Wildman–Crippen MR) is 71.7 cm³/mol. The van der Waals surface area contributed by atoms with E-state index in [-0.39, 0.29) is 24.3 Å². The Kier molecular flexibility index (Phi) is 5.99. The van der Waals surface area contributed by atoms with E-state index in [1.807, 2.05) is 13.8 Å². The van der Waals surface area contributed by atoms with Gasteiger partial charge in [-0.2, -0.15) is 0 Å².